The summed E-state index contributed by atoms with van der Waals surface area (Å²) < 4.78 is 10.7. The molecule has 0 aromatic carbocycles. The number of ether oxygens (including phenoxy) is 1. The van der Waals surface area contributed by atoms with Crippen molar-refractivity contribution in [2.24, 2.45) is 0 Å². The van der Waals surface area contributed by atoms with Gasteiger partial charge < -0.3 is 14.6 Å². The van der Waals surface area contributed by atoms with Crippen LogP contribution in [0.25, 0.3) is 0 Å². The molecular weight excluding hydrogens is 316 g/mol. The van der Waals surface area contributed by atoms with Crippen molar-refractivity contribution in [3.8, 4) is 0 Å². The minimum Gasteiger partial charge on any atom is -0.368 e. The Morgan fingerprint density at radius 1 is 1.48 bits per heavy atom. The zero-order valence-corrected chi connectivity index (χ0v) is 13.9. The van der Waals surface area contributed by atoms with Gasteiger partial charge in [-0.25, -0.2) is 4.98 Å². The third kappa shape index (κ3) is 4.35. The normalized spacial score (nSPS) is 17.5. The number of aromatic nitrogens is 3. The molecule has 1 aliphatic rings. The maximum atomic E-state index is 11.8. The molecule has 3 heterocycles. The first kappa shape index (κ1) is 16.1. The van der Waals surface area contributed by atoms with E-state index in [1.165, 1.54) is 4.88 Å². The average Bonchev–Trinajstić information content (AvgIpc) is 3.26. The van der Waals surface area contributed by atoms with E-state index in [4.69, 9.17) is 9.26 Å². The molecule has 1 aliphatic heterocycles. The maximum Gasteiger partial charge on any atom is 0.255 e. The first-order valence-corrected chi connectivity index (χ1v) is 8.70. The smallest absolute Gasteiger partial charge is 0.255 e. The van der Waals surface area contributed by atoms with Crippen LogP contribution in [-0.4, -0.2) is 34.2 Å². The number of rotatable bonds is 7. The summed E-state index contributed by atoms with van der Waals surface area (Å²) in [7, 11) is 0. The Balaban J connectivity index is 1.37. The van der Waals surface area contributed by atoms with Crippen molar-refractivity contribution in [3.05, 3.63) is 27.8 Å². The summed E-state index contributed by atoms with van der Waals surface area (Å²) in [5.74, 6) is 1.18. The molecule has 2 aromatic heterocycles. The predicted octanol–water partition coefficient (Wildman–Crippen LogP) is 1.98. The second-order valence-electron chi connectivity index (χ2n) is 5.51. The molecule has 1 atom stereocenters. The summed E-state index contributed by atoms with van der Waals surface area (Å²) in [6.07, 6.45) is 3.65. The van der Waals surface area contributed by atoms with Crippen molar-refractivity contribution >= 4 is 17.2 Å². The zero-order chi connectivity index (χ0) is 16.1. The average molecular weight is 336 g/mol. The minimum atomic E-state index is -0.0616. The Hall–Kier alpha value is -1.80. The molecule has 1 N–H and O–H groups in total. The second kappa shape index (κ2) is 7.65. The summed E-state index contributed by atoms with van der Waals surface area (Å²) in [6.45, 7) is 3.22. The topological polar surface area (TPSA) is 90.1 Å². The van der Waals surface area contributed by atoms with Crippen LogP contribution in [0, 0.1) is 6.92 Å². The van der Waals surface area contributed by atoms with Crippen molar-refractivity contribution < 1.29 is 14.1 Å². The van der Waals surface area contributed by atoms with Gasteiger partial charge in [0.05, 0.1) is 11.2 Å². The number of carbonyl (C=O) groups is 1. The summed E-state index contributed by atoms with van der Waals surface area (Å²) in [4.78, 5) is 21.5. The van der Waals surface area contributed by atoms with E-state index >= 15 is 0 Å². The van der Waals surface area contributed by atoms with Crippen LogP contribution < -0.4 is 5.32 Å². The lowest BCUT2D eigenvalue weighted by Crippen LogP contribution is -2.26. The monoisotopic (exact) mass is 336 g/mol. The summed E-state index contributed by atoms with van der Waals surface area (Å²) >= 11 is 1.59. The van der Waals surface area contributed by atoms with Gasteiger partial charge in [0.1, 0.15) is 6.10 Å². The predicted molar refractivity (Wildman–Crippen MR) is 84.1 cm³/mol. The van der Waals surface area contributed by atoms with E-state index < -0.39 is 0 Å². The third-order valence-electron chi connectivity index (χ3n) is 3.78. The highest BCUT2D eigenvalue weighted by Crippen LogP contribution is 2.26. The second-order valence-corrected chi connectivity index (χ2v) is 6.45. The molecule has 23 heavy (non-hydrogen) atoms. The van der Waals surface area contributed by atoms with Crippen molar-refractivity contribution in [2.75, 3.05) is 13.2 Å². The quantitative estimate of drug-likeness (QED) is 0.831. The van der Waals surface area contributed by atoms with E-state index in [2.05, 4.69) is 20.4 Å². The molecule has 0 bridgehead atoms. The van der Waals surface area contributed by atoms with Gasteiger partial charge in [0.2, 0.25) is 5.91 Å². The van der Waals surface area contributed by atoms with Gasteiger partial charge in [-0.05, 0) is 26.2 Å². The van der Waals surface area contributed by atoms with E-state index in [1.807, 2.05) is 12.4 Å². The number of aryl methyl sites for hydroxylation is 2. The van der Waals surface area contributed by atoms with Crippen LogP contribution in [-0.2, 0) is 22.4 Å². The van der Waals surface area contributed by atoms with Crippen molar-refractivity contribution in [1.82, 2.24) is 20.4 Å². The van der Waals surface area contributed by atoms with E-state index in [-0.39, 0.29) is 12.0 Å². The van der Waals surface area contributed by atoms with E-state index in [0.29, 0.717) is 31.1 Å². The van der Waals surface area contributed by atoms with Crippen molar-refractivity contribution in [3.63, 3.8) is 0 Å². The first-order valence-electron chi connectivity index (χ1n) is 7.82. The third-order valence-corrected chi connectivity index (χ3v) is 4.78. The highest BCUT2D eigenvalue weighted by molar-refractivity contribution is 7.09. The lowest BCUT2D eigenvalue weighted by Gasteiger charge is -2.03. The highest BCUT2D eigenvalue weighted by Gasteiger charge is 2.23. The number of hydrogen-bond acceptors (Lipinski definition) is 7. The molecular formula is C15H20N4O3S. The van der Waals surface area contributed by atoms with E-state index in [1.54, 1.807) is 11.3 Å². The summed E-state index contributed by atoms with van der Waals surface area (Å²) in [5.41, 5.74) is 2.82. The van der Waals surface area contributed by atoms with Gasteiger partial charge in [-0.2, -0.15) is 4.98 Å². The molecule has 0 radical (unpaired) electrons. The fraction of sp³-hybridized carbons (Fsp3) is 0.600. The van der Waals surface area contributed by atoms with Crippen LogP contribution >= 0.6 is 11.3 Å². The van der Waals surface area contributed by atoms with Crippen LogP contribution in [0.2, 0.25) is 0 Å². The molecule has 0 saturated carbocycles. The Kier molecular flexibility index (Phi) is 5.35. The Morgan fingerprint density at radius 3 is 3.13 bits per heavy atom. The standard InChI is InChI=1S/C15H20N4O3S/c1-10-12(23-9-17-10)4-5-14(20)16-7-6-13-18-15(22-19-13)11-3-2-8-21-11/h9,11H,2-8H2,1H3,(H,16,20)/t11-/m0/s1. The van der Waals surface area contributed by atoms with Gasteiger partial charge in [0, 0.05) is 30.9 Å². The highest BCUT2D eigenvalue weighted by atomic mass is 32.1. The molecule has 1 saturated heterocycles. The number of amides is 1. The van der Waals surface area contributed by atoms with Crippen LogP contribution in [0.3, 0.4) is 0 Å². The molecule has 2 aromatic rings. The Morgan fingerprint density at radius 2 is 2.39 bits per heavy atom. The maximum absolute atomic E-state index is 11.8. The first-order chi connectivity index (χ1) is 11.2. The summed E-state index contributed by atoms with van der Waals surface area (Å²) in [6, 6.07) is 0. The lowest BCUT2D eigenvalue weighted by atomic mass is 10.2. The Bertz CT molecular complexity index is 649. The van der Waals surface area contributed by atoms with Crippen LogP contribution in [0.4, 0.5) is 0 Å². The van der Waals surface area contributed by atoms with Crippen LogP contribution in [0.5, 0.6) is 0 Å². The van der Waals surface area contributed by atoms with Crippen molar-refractivity contribution in [1.29, 1.82) is 0 Å². The molecule has 1 amide bonds. The summed E-state index contributed by atoms with van der Waals surface area (Å²) in [5, 5.41) is 6.82. The van der Waals surface area contributed by atoms with Gasteiger partial charge in [-0.1, -0.05) is 5.16 Å². The number of nitrogens with zero attached hydrogens (tertiary/aromatic N) is 3. The number of nitrogens with one attached hydrogen (secondary N) is 1. The van der Waals surface area contributed by atoms with Gasteiger partial charge in [0.25, 0.3) is 5.89 Å². The lowest BCUT2D eigenvalue weighted by molar-refractivity contribution is -0.121. The van der Waals surface area contributed by atoms with Gasteiger partial charge >= 0.3 is 0 Å². The Labute approximate surface area is 138 Å². The molecule has 0 unspecified atom stereocenters. The minimum absolute atomic E-state index is 0.0284. The molecule has 7 nitrogen and oxygen atoms in total. The van der Waals surface area contributed by atoms with Crippen LogP contribution in [0.15, 0.2) is 10.0 Å². The van der Waals surface area contributed by atoms with Crippen LogP contribution in [0.1, 0.15) is 47.7 Å². The van der Waals surface area contributed by atoms with Gasteiger partial charge in [0.15, 0.2) is 5.82 Å². The largest absolute Gasteiger partial charge is 0.368 e. The molecule has 8 heteroatoms. The number of carbonyl (C=O) groups excluding carboxylic acids is 1. The molecule has 1 fully saturated rings. The SMILES string of the molecule is Cc1ncsc1CCC(=O)NCCc1noc([C@@H]2CCCO2)n1. The molecule has 0 aliphatic carbocycles. The molecule has 0 spiro atoms. The molecule has 124 valence electrons. The van der Waals surface area contributed by atoms with E-state index in [0.717, 1.165) is 31.6 Å². The fourth-order valence-electron chi connectivity index (χ4n) is 2.47. The molecule has 3 rings (SSSR count). The van der Waals surface area contributed by atoms with Crippen molar-refractivity contribution in [2.45, 2.75) is 45.1 Å². The zero-order valence-electron chi connectivity index (χ0n) is 13.1. The fourth-order valence-corrected chi connectivity index (χ4v) is 3.25. The van der Waals surface area contributed by atoms with E-state index in [9.17, 15) is 4.79 Å². The number of thiazole rings is 1. The number of hydrogen-bond donors (Lipinski definition) is 1. The van der Waals surface area contributed by atoms with Gasteiger partial charge in [-0.3, -0.25) is 4.79 Å². The van der Waals surface area contributed by atoms with Gasteiger partial charge in [-0.15, -0.1) is 11.3 Å².